The van der Waals surface area contributed by atoms with Gasteiger partial charge in [-0.3, -0.25) is 9.97 Å². The zero-order valence-electron chi connectivity index (χ0n) is 29.1. The van der Waals surface area contributed by atoms with Crippen LogP contribution in [0.4, 0.5) is 0 Å². The van der Waals surface area contributed by atoms with E-state index in [2.05, 4.69) is 113 Å². The van der Waals surface area contributed by atoms with E-state index in [4.69, 9.17) is 23.0 Å². The molecule has 0 N–H and O–H groups in total. The zero-order valence-corrected chi connectivity index (χ0v) is 32.1. The van der Waals surface area contributed by atoms with Gasteiger partial charge >= 0.3 is 0 Å². The molecule has 3 heterocycles. The van der Waals surface area contributed by atoms with Crippen LogP contribution in [0.3, 0.4) is 0 Å². The van der Waals surface area contributed by atoms with Crippen molar-refractivity contribution in [2.45, 2.75) is 141 Å². The predicted molar refractivity (Wildman–Crippen MR) is 182 cm³/mol. The largest absolute Gasteiger partial charge is 0.414 e. The highest BCUT2D eigenvalue weighted by molar-refractivity contribution is 6.75. The van der Waals surface area contributed by atoms with Crippen molar-refractivity contribution in [2.24, 2.45) is 0 Å². The van der Waals surface area contributed by atoms with E-state index in [1.54, 1.807) is 6.20 Å². The van der Waals surface area contributed by atoms with Crippen LogP contribution in [0.5, 0.6) is 0 Å². The molecule has 0 radical (unpaired) electrons. The van der Waals surface area contributed by atoms with E-state index in [1.807, 2.05) is 30.5 Å². The molecule has 0 aliphatic carbocycles. The fourth-order valence-electron chi connectivity index (χ4n) is 4.18. The van der Waals surface area contributed by atoms with Gasteiger partial charge in [0.15, 0.2) is 25.0 Å². The fraction of sp³-hybridized carbons (Fsp3) is 0.697. The molecule has 4 atom stereocenters. The summed E-state index contributed by atoms with van der Waals surface area (Å²) in [5.41, 5.74) is 2.69. The van der Waals surface area contributed by atoms with Gasteiger partial charge in [0, 0.05) is 18.0 Å². The lowest BCUT2D eigenvalue weighted by Gasteiger charge is -2.44. The Balaban J connectivity index is 2.08. The maximum absolute atomic E-state index is 7.27. The standard InChI is InChI=1S/C33H58N2O4Si3/c1-31(2,3)40(10,11)36-23-27-29(38-41(12,13)32(4,5)6)30(39-42(14,15)33(7,8)9)28(37-27)24-19-20-26(35-22-24)25-18-16-17-21-34-25/h16-22,27-30H,23H2,1-15H3/t27-,28+,29-,30+/m1/s1. The van der Waals surface area contributed by atoms with Crippen LogP contribution in [-0.4, -0.2) is 59.8 Å². The van der Waals surface area contributed by atoms with Crippen molar-refractivity contribution in [2.75, 3.05) is 6.61 Å². The minimum absolute atomic E-state index is 0.0376. The molecule has 0 amide bonds. The molecule has 2 aromatic rings. The van der Waals surface area contributed by atoms with E-state index in [0.717, 1.165) is 17.0 Å². The second-order valence-corrected chi connectivity index (χ2v) is 30.9. The normalized spacial score (nSPS) is 22.9. The van der Waals surface area contributed by atoms with Gasteiger partial charge in [-0.15, -0.1) is 0 Å². The molecule has 1 saturated heterocycles. The van der Waals surface area contributed by atoms with Crippen LogP contribution < -0.4 is 0 Å². The maximum atomic E-state index is 7.27. The van der Waals surface area contributed by atoms with E-state index < -0.39 is 25.0 Å². The summed E-state index contributed by atoms with van der Waals surface area (Å²) < 4.78 is 28.3. The van der Waals surface area contributed by atoms with E-state index >= 15 is 0 Å². The third kappa shape index (κ3) is 7.89. The van der Waals surface area contributed by atoms with E-state index in [9.17, 15) is 0 Å². The number of aromatic nitrogens is 2. The summed E-state index contributed by atoms with van der Waals surface area (Å²) in [5, 5.41) is 0.183. The summed E-state index contributed by atoms with van der Waals surface area (Å²) in [5.74, 6) is 0. The molecule has 1 fully saturated rings. The van der Waals surface area contributed by atoms with Gasteiger partial charge in [0.05, 0.1) is 18.0 Å². The quantitative estimate of drug-likeness (QED) is 0.257. The smallest absolute Gasteiger partial charge is 0.192 e. The molecule has 0 saturated carbocycles. The molecule has 9 heteroatoms. The second-order valence-electron chi connectivity index (χ2n) is 16.5. The first kappa shape index (κ1) is 35.3. The minimum atomic E-state index is -2.20. The monoisotopic (exact) mass is 630 g/mol. The first-order valence-electron chi connectivity index (χ1n) is 15.5. The van der Waals surface area contributed by atoms with Gasteiger partial charge in [-0.25, -0.2) is 0 Å². The SMILES string of the molecule is CC(C)(C)[Si](C)(C)OC[C@H]1O[C@@H](c2ccc(-c3ccccn3)nc2)[C@H](O[Si](C)(C)C(C)(C)C)[C@@H]1O[Si](C)(C)C(C)(C)C. The number of nitrogens with zero attached hydrogens (tertiary/aromatic N) is 2. The lowest BCUT2D eigenvalue weighted by molar-refractivity contribution is -0.0173. The first-order valence-corrected chi connectivity index (χ1v) is 24.2. The van der Waals surface area contributed by atoms with Crippen LogP contribution in [0, 0.1) is 0 Å². The Morgan fingerprint density at radius 3 is 1.64 bits per heavy atom. The third-order valence-electron chi connectivity index (χ3n) is 10.2. The topological polar surface area (TPSA) is 62.7 Å². The van der Waals surface area contributed by atoms with Gasteiger partial charge in [0.2, 0.25) is 0 Å². The van der Waals surface area contributed by atoms with Crippen molar-refractivity contribution in [3.05, 3.63) is 48.3 Å². The number of ether oxygens (including phenoxy) is 1. The van der Waals surface area contributed by atoms with Gasteiger partial charge in [0.1, 0.15) is 24.4 Å². The van der Waals surface area contributed by atoms with Gasteiger partial charge in [-0.2, -0.15) is 0 Å². The van der Waals surface area contributed by atoms with Crippen molar-refractivity contribution in [1.82, 2.24) is 9.97 Å². The van der Waals surface area contributed by atoms with Gasteiger partial charge in [0.25, 0.3) is 0 Å². The molecule has 0 aromatic carbocycles. The predicted octanol–water partition coefficient (Wildman–Crippen LogP) is 9.39. The molecule has 0 bridgehead atoms. The zero-order chi connectivity index (χ0) is 31.9. The minimum Gasteiger partial charge on any atom is -0.414 e. The molecule has 1 aliphatic rings. The number of hydrogen-bond acceptors (Lipinski definition) is 6. The summed E-state index contributed by atoms with van der Waals surface area (Å²) >= 11 is 0. The van der Waals surface area contributed by atoms with Gasteiger partial charge in [-0.1, -0.05) is 74.4 Å². The summed E-state index contributed by atoms with van der Waals surface area (Å²) in [6, 6.07) is 10.0. The van der Waals surface area contributed by atoms with Gasteiger partial charge in [-0.05, 0) is 72.6 Å². The molecule has 3 rings (SSSR count). The first-order chi connectivity index (χ1) is 19.0. The highest BCUT2D eigenvalue weighted by atomic mass is 28.4. The van der Waals surface area contributed by atoms with Crippen molar-refractivity contribution in [3.63, 3.8) is 0 Å². The number of pyridine rings is 2. The van der Waals surface area contributed by atoms with Crippen LogP contribution in [0.1, 0.15) is 74.0 Å². The Kier molecular flexibility index (Phi) is 10.3. The fourth-order valence-corrected chi connectivity index (χ4v) is 7.81. The second kappa shape index (κ2) is 12.3. The van der Waals surface area contributed by atoms with E-state index in [0.29, 0.717) is 6.61 Å². The molecule has 0 spiro atoms. The highest BCUT2D eigenvalue weighted by Gasteiger charge is 2.54. The number of rotatable bonds is 9. The van der Waals surface area contributed by atoms with Crippen molar-refractivity contribution in [3.8, 4) is 11.4 Å². The van der Waals surface area contributed by atoms with Crippen LogP contribution in [0.15, 0.2) is 42.7 Å². The molecule has 6 nitrogen and oxygen atoms in total. The van der Waals surface area contributed by atoms with Crippen LogP contribution in [-0.2, 0) is 18.0 Å². The molecule has 1 aliphatic heterocycles. The molecular formula is C33H58N2O4Si3. The summed E-state index contributed by atoms with van der Waals surface area (Å²) in [6.07, 6.45) is 2.65. The van der Waals surface area contributed by atoms with E-state index in [-0.39, 0.29) is 39.5 Å². The maximum Gasteiger partial charge on any atom is 0.192 e. The van der Waals surface area contributed by atoms with Crippen molar-refractivity contribution >= 4 is 25.0 Å². The highest BCUT2D eigenvalue weighted by Crippen LogP contribution is 2.47. The average Bonchev–Trinajstić information content (AvgIpc) is 3.17. The molecule has 42 heavy (non-hydrogen) atoms. The van der Waals surface area contributed by atoms with Crippen LogP contribution >= 0.6 is 0 Å². The number of hydrogen-bond donors (Lipinski definition) is 0. The Hall–Kier alpha value is -1.21. The lowest BCUT2D eigenvalue weighted by Crippen LogP contribution is -2.54. The van der Waals surface area contributed by atoms with Crippen LogP contribution in [0.2, 0.25) is 54.4 Å². The van der Waals surface area contributed by atoms with Gasteiger partial charge < -0.3 is 18.0 Å². The molecule has 2 aromatic heterocycles. The summed E-state index contributed by atoms with van der Waals surface area (Å²) in [7, 11) is -6.40. The molecule has 236 valence electrons. The Morgan fingerprint density at radius 2 is 1.19 bits per heavy atom. The van der Waals surface area contributed by atoms with Crippen molar-refractivity contribution < 1.29 is 18.0 Å². The molecule has 0 unspecified atom stereocenters. The van der Waals surface area contributed by atoms with E-state index in [1.165, 1.54) is 0 Å². The van der Waals surface area contributed by atoms with Crippen molar-refractivity contribution in [1.29, 1.82) is 0 Å². The third-order valence-corrected chi connectivity index (χ3v) is 23.7. The van der Waals surface area contributed by atoms with Crippen LogP contribution in [0.25, 0.3) is 11.4 Å². The lowest BCUT2D eigenvalue weighted by atomic mass is 10.0. The average molecular weight is 631 g/mol. The Morgan fingerprint density at radius 1 is 0.667 bits per heavy atom. The summed E-state index contributed by atoms with van der Waals surface area (Å²) in [6.45, 7) is 34.9. The Labute approximate surface area is 259 Å². The summed E-state index contributed by atoms with van der Waals surface area (Å²) in [4.78, 5) is 9.29. The molecular weight excluding hydrogens is 573 g/mol. The Bertz CT molecular complexity index is 1170.